The van der Waals surface area contributed by atoms with Gasteiger partial charge in [-0.05, 0) is 26.2 Å². The van der Waals surface area contributed by atoms with Crippen molar-refractivity contribution in [1.29, 1.82) is 0 Å². The molecule has 0 N–H and O–H groups in total. The van der Waals surface area contributed by atoms with Gasteiger partial charge in [0.25, 0.3) is 5.78 Å². The van der Waals surface area contributed by atoms with Crippen molar-refractivity contribution in [3.63, 3.8) is 0 Å². The second-order valence-electron chi connectivity index (χ2n) is 6.52. The van der Waals surface area contributed by atoms with Gasteiger partial charge in [0.1, 0.15) is 12.1 Å². The highest BCUT2D eigenvalue weighted by Crippen LogP contribution is 2.29. The summed E-state index contributed by atoms with van der Waals surface area (Å²) in [4.78, 5) is 25.4. The number of rotatable bonds is 2. The molecule has 1 aliphatic heterocycles. The lowest BCUT2D eigenvalue weighted by Gasteiger charge is -2.31. The van der Waals surface area contributed by atoms with E-state index in [1.54, 1.807) is 4.52 Å². The van der Waals surface area contributed by atoms with E-state index in [9.17, 15) is 4.79 Å². The summed E-state index contributed by atoms with van der Waals surface area (Å²) in [6.07, 6.45) is 5.87. The minimum atomic E-state index is 0.284. The molecule has 122 valence electrons. The van der Waals surface area contributed by atoms with E-state index in [0.29, 0.717) is 11.7 Å². The molecule has 7 heteroatoms. The maximum absolute atomic E-state index is 12.5. The Morgan fingerprint density at radius 1 is 1.17 bits per heavy atom. The summed E-state index contributed by atoms with van der Waals surface area (Å²) in [5.41, 5.74) is 0.937. The van der Waals surface area contributed by atoms with Gasteiger partial charge in [0, 0.05) is 43.9 Å². The molecule has 7 nitrogen and oxygen atoms in total. The summed E-state index contributed by atoms with van der Waals surface area (Å²) in [7, 11) is 0. The highest BCUT2D eigenvalue weighted by atomic mass is 16.2. The minimum absolute atomic E-state index is 0.284. The van der Waals surface area contributed by atoms with Crippen LogP contribution in [0.4, 0.5) is 5.82 Å². The second kappa shape index (κ2) is 5.79. The summed E-state index contributed by atoms with van der Waals surface area (Å²) in [5, 5.41) is 4.29. The van der Waals surface area contributed by atoms with Gasteiger partial charge in [0.05, 0.1) is 0 Å². The normalized spacial score (nSPS) is 19.7. The van der Waals surface area contributed by atoms with Gasteiger partial charge in [-0.3, -0.25) is 4.79 Å². The van der Waals surface area contributed by atoms with Gasteiger partial charge >= 0.3 is 0 Å². The van der Waals surface area contributed by atoms with Crippen molar-refractivity contribution >= 4 is 17.5 Å². The predicted octanol–water partition coefficient (Wildman–Crippen LogP) is 1.27. The molecule has 0 radical (unpaired) electrons. The molecule has 0 atom stereocenters. The van der Waals surface area contributed by atoms with Crippen LogP contribution < -0.4 is 4.90 Å². The Balaban J connectivity index is 1.53. The van der Waals surface area contributed by atoms with Crippen molar-refractivity contribution in [2.24, 2.45) is 5.92 Å². The van der Waals surface area contributed by atoms with E-state index in [-0.39, 0.29) is 5.92 Å². The van der Waals surface area contributed by atoms with E-state index >= 15 is 0 Å². The first-order chi connectivity index (χ1) is 11.2. The highest BCUT2D eigenvalue weighted by Gasteiger charge is 2.30. The SMILES string of the molecule is Cc1cc(N2CCCN(C(=O)C3CCC3)CC2)n2ncnc2n1. The summed E-state index contributed by atoms with van der Waals surface area (Å²) in [6, 6.07) is 2.05. The van der Waals surface area contributed by atoms with E-state index in [0.717, 1.165) is 57.0 Å². The number of hydrogen-bond donors (Lipinski definition) is 0. The summed E-state index contributed by atoms with van der Waals surface area (Å²) >= 11 is 0. The first-order valence-electron chi connectivity index (χ1n) is 8.43. The molecule has 0 aromatic carbocycles. The first-order valence-corrected chi connectivity index (χ1v) is 8.43. The number of carbonyl (C=O) groups excluding carboxylic acids is 1. The number of amides is 1. The molecule has 0 unspecified atom stereocenters. The third-order valence-electron chi connectivity index (χ3n) is 4.95. The zero-order valence-corrected chi connectivity index (χ0v) is 13.5. The fraction of sp³-hybridized carbons (Fsp3) is 0.625. The third kappa shape index (κ3) is 2.64. The Hall–Kier alpha value is -2.18. The molecule has 0 bridgehead atoms. The largest absolute Gasteiger partial charge is 0.355 e. The maximum Gasteiger partial charge on any atom is 0.254 e. The zero-order valence-electron chi connectivity index (χ0n) is 13.5. The topological polar surface area (TPSA) is 66.6 Å². The molecule has 0 spiro atoms. The van der Waals surface area contributed by atoms with E-state index in [1.807, 2.05) is 13.0 Å². The van der Waals surface area contributed by atoms with Crippen molar-refractivity contribution in [1.82, 2.24) is 24.5 Å². The molecule has 1 saturated carbocycles. The molecule has 1 aliphatic carbocycles. The van der Waals surface area contributed by atoms with Crippen LogP contribution in [0.1, 0.15) is 31.4 Å². The van der Waals surface area contributed by atoms with Gasteiger partial charge < -0.3 is 9.80 Å². The lowest BCUT2D eigenvalue weighted by atomic mass is 9.84. The zero-order chi connectivity index (χ0) is 15.8. The molecule has 1 amide bonds. The Kier molecular flexibility index (Phi) is 3.63. The van der Waals surface area contributed by atoms with Crippen molar-refractivity contribution in [3.8, 4) is 0 Å². The van der Waals surface area contributed by atoms with Crippen molar-refractivity contribution < 1.29 is 4.79 Å². The van der Waals surface area contributed by atoms with Gasteiger partial charge in [0.15, 0.2) is 0 Å². The minimum Gasteiger partial charge on any atom is -0.355 e. The van der Waals surface area contributed by atoms with E-state index in [4.69, 9.17) is 0 Å². The molecule has 3 heterocycles. The molecular weight excluding hydrogens is 292 g/mol. The maximum atomic E-state index is 12.5. The number of fused-ring (bicyclic) bond motifs is 1. The van der Waals surface area contributed by atoms with Crippen LogP contribution in [0.3, 0.4) is 0 Å². The van der Waals surface area contributed by atoms with Crippen molar-refractivity contribution in [2.75, 3.05) is 31.1 Å². The smallest absolute Gasteiger partial charge is 0.254 e. The van der Waals surface area contributed by atoms with Crippen molar-refractivity contribution in [2.45, 2.75) is 32.6 Å². The van der Waals surface area contributed by atoms with Gasteiger partial charge in [-0.15, -0.1) is 0 Å². The van der Waals surface area contributed by atoms with Crippen LogP contribution in [-0.4, -0.2) is 56.6 Å². The van der Waals surface area contributed by atoms with Crippen LogP contribution in [0.2, 0.25) is 0 Å². The lowest BCUT2D eigenvalue weighted by molar-refractivity contribution is -0.137. The summed E-state index contributed by atoms with van der Waals surface area (Å²) in [6.45, 7) is 5.37. The number of aryl methyl sites for hydroxylation is 1. The summed E-state index contributed by atoms with van der Waals surface area (Å²) in [5.74, 6) is 2.29. The van der Waals surface area contributed by atoms with Crippen LogP contribution in [0.25, 0.3) is 5.78 Å². The average Bonchev–Trinajstić information content (AvgIpc) is 2.80. The molecule has 2 fully saturated rings. The molecule has 2 aromatic heterocycles. The van der Waals surface area contributed by atoms with E-state index in [2.05, 4.69) is 24.9 Å². The van der Waals surface area contributed by atoms with Crippen LogP contribution in [0.5, 0.6) is 0 Å². The lowest BCUT2D eigenvalue weighted by Crippen LogP contribution is -2.41. The number of hydrogen-bond acceptors (Lipinski definition) is 5. The van der Waals surface area contributed by atoms with Crippen LogP contribution in [-0.2, 0) is 4.79 Å². The Morgan fingerprint density at radius 2 is 2.04 bits per heavy atom. The molecule has 2 aromatic rings. The van der Waals surface area contributed by atoms with Gasteiger partial charge in [-0.25, -0.2) is 4.98 Å². The number of anilines is 1. The standard InChI is InChI=1S/C16H22N6O/c1-12-10-14(22-16(19-12)17-11-18-22)20-6-3-7-21(9-8-20)15(23)13-4-2-5-13/h10-11,13H,2-9H2,1H3. The predicted molar refractivity (Wildman–Crippen MR) is 86.3 cm³/mol. The number of aromatic nitrogens is 4. The second-order valence-corrected chi connectivity index (χ2v) is 6.52. The Morgan fingerprint density at radius 3 is 2.83 bits per heavy atom. The van der Waals surface area contributed by atoms with E-state index in [1.165, 1.54) is 12.7 Å². The Labute approximate surface area is 135 Å². The van der Waals surface area contributed by atoms with E-state index < -0.39 is 0 Å². The fourth-order valence-corrected chi connectivity index (χ4v) is 3.42. The fourth-order valence-electron chi connectivity index (χ4n) is 3.42. The average molecular weight is 314 g/mol. The number of nitrogens with zero attached hydrogens (tertiary/aromatic N) is 6. The molecule has 4 rings (SSSR count). The highest BCUT2D eigenvalue weighted by molar-refractivity contribution is 5.79. The molecule has 2 aliphatic rings. The number of carbonyl (C=O) groups is 1. The monoisotopic (exact) mass is 314 g/mol. The summed E-state index contributed by atoms with van der Waals surface area (Å²) < 4.78 is 1.79. The molecule has 23 heavy (non-hydrogen) atoms. The Bertz CT molecular complexity index is 722. The van der Waals surface area contributed by atoms with Gasteiger partial charge in [-0.2, -0.15) is 14.6 Å². The van der Waals surface area contributed by atoms with Gasteiger partial charge in [0.2, 0.25) is 5.91 Å². The molecular formula is C16H22N6O. The van der Waals surface area contributed by atoms with Crippen LogP contribution >= 0.6 is 0 Å². The van der Waals surface area contributed by atoms with Crippen LogP contribution in [0.15, 0.2) is 12.4 Å². The first kappa shape index (κ1) is 14.4. The van der Waals surface area contributed by atoms with Crippen LogP contribution in [0, 0.1) is 12.8 Å². The third-order valence-corrected chi connectivity index (χ3v) is 4.95. The van der Waals surface area contributed by atoms with Gasteiger partial charge in [-0.1, -0.05) is 6.42 Å². The quantitative estimate of drug-likeness (QED) is 0.835. The van der Waals surface area contributed by atoms with Crippen molar-refractivity contribution in [3.05, 3.63) is 18.1 Å². The molecule has 1 saturated heterocycles.